The summed E-state index contributed by atoms with van der Waals surface area (Å²) in [5.41, 5.74) is 5.38. The molecule has 0 saturated carbocycles. The van der Waals surface area contributed by atoms with Gasteiger partial charge in [0.1, 0.15) is 0 Å². The minimum absolute atomic E-state index is 0.246. The highest BCUT2D eigenvalue weighted by atomic mass is 32.2. The summed E-state index contributed by atoms with van der Waals surface area (Å²) in [5.74, 6) is 0. The van der Waals surface area contributed by atoms with Gasteiger partial charge < -0.3 is 0 Å². The second kappa shape index (κ2) is 6.75. The maximum absolute atomic E-state index is 12.6. The van der Waals surface area contributed by atoms with Crippen molar-refractivity contribution in [1.29, 1.82) is 0 Å². The average Bonchev–Trinajstić information content (AvgIpc) is 2.53. The molecule has 0 fully saturated rings. The zero-order valence-corrected chi connectivity index (χ0v) is 13.5. The molecule has 0 heterocycles. The van der Waals surface area contributed by atoms with Crippen LogP contribution in [-0.2, 0) is 10.0 Å². The van der Waals surface area contributed by atoms with Crippen LogP contribution in [0.4, 0.5) is 0 Å². The molecular formula is C18H19NO2S. The first kappa shape index (κ1) is 16.2. The van der Waals surface area contributed by atoms with Crippen molar-refractivity contribution in [2.24, 2.45) is 0 Å². The van der Waals surface area contributed by atoms with Crippen LogP contribution in [0.15, 0.2) is 77.4 Å². The number of aryl methyl sites for hydroxylation is 1. The molecule has 0 spiro atoms. The largest absolute Gasteiger partial charge is 0.241 e. The van der Waals surface area contributed by atoms with Crippen molar-refractivity contribution in [2.45, 2.75) is 24.8 Å². The van der Waals surface area contributed by atoms with E-state index in [0.29, 0.717) is 0 Å². The number of hydrogen-bond donors (Lipinski definition) is 1. The first-order valence-corrected chi connectivity index (χ1v) is 8.43. The molecule has 1 atom stereocenters. The molecule has 0 saturated heterocycles. The molecule has 114 valence electrons. The quantitative estimate of drug-likeness (QED) is 0.855. The lowest BCUT2D eigenvalue weighted by atomic mass is 10.0. The zero-order valence-electron chi connectivity index (χ0n) is 12.7. The van der Waals surface area contributed by atoms with Crippen LogP contribution < -0.4 is 4.72 Å². The van der Waals surface area contributed by atoms with E-state index in [4.69, 9.17) is 0 Å². The van der Waals surface area contributed by atoms with Gasteiger partial charge in [-0.05, 0) is 37.1 Å². The Morgan fingerprint density at radius 1 is 1.09 bits per heavy atom. The van der Waals surface area contributed by atoms with E-state index in [1.165, 1.54) is 0 Å². The topological polar surface area (TPSA) is 46.2 Å². The van der Waals surface area contributed by atoms with Crippen LogP contribution in [-0.4, -0.2) is 8.42 Å². The molecule has 0 aliphatic carbocycles. The van der Waals surface area contributed by atoms with Gasteiger partial charge in [-0.1, -0.05) is 54.6 Å². The van der Waals surface area contributed by atoms with Crippen molar-refractivity contribution >= 4 is 10.0 Å². The number of nitrogens with one attached hydrogen (secondary N) is 1. The van der Waals surface area contributed by atoms with Gasteiger partial charge in [0, 0.05) is 0 Å². The molecule has 0 aliphatic heterocycles. The molecule has 1 unspecified atom stereocenters. The lowest BCUT2D eigenvalue weighted by molar-refractivity contribution is 0.570. The van der Waals surface area contributed by atoms with Crippen LogP contribution in [0.5, 0.6) is 0 Å². The van der Waals surface area contributed by atoms with E-state index in [9.17, 15) is 8.42 Å². The van der Waals surface area contributed by atoms with E-state index in [1.54, 1.807) is 24.3 Å². The summed E-state index contributed by atoms with van der Waals surface area (Å²) >= 11 is 0. The van der Waals surface area contributed by atoms with Crippen LogP contribution in [0.3, 0.4) is 0 Å². The Balaban J connectivity index is 2.39. The number of rotatable bonds is 5. The molecule has 0 radical (unpaired) electrons. The van der Waals surface area contributed by atoms with E-state index in [-0.39, 0.29) is 4.90 Å². The summed E-state index contributed by atoms with van der Waals surface area (Å²) in [7, 11) is -3.62. The molecule has 22 heavy (non-hydrogen) atoms. The molecule has 1 N–H and O–H groups in total. The Labute approximate surface area is 132 Å². The van der Waals surface area contributed by atoms with Crippen LogP contribution in [0.25, 0.3) is 0 Å². The third-order valence-corrected chi connectivity index (χ3v) is 4.89. The maximum atomic E-state index is 12.6. The predicted molar refractivity (Wildman–Crippen MR) is 89.0 cm³/mol. The monoisotopic (exact) mass is 313 g/mol. The SMILES string of the molecule is C=C=C(C)C(NS(=O)(=O)c1ccc(C)cc1)c1ccccc1. The summed E-state index contributed by atoms with van der Waals surface area (Å²) in [5, 5.41) is 0. The van der Waals surface area contributed by atoms with Crippen LogP contribution >= 0.6 is 0 Å². The summed E-state index contributed by atoms with van der Waals surface area (Å²) < 4.78 is 27.9. The Kier molecular flexibility index (Phi) is 4.99. The second-order valence-electron chi connectivity index (χ2n) is 5.14. The van der Waals surface area contributed by atoms with E-state index >= 15 is 0 Å². The fraction of sp³-hybridized carbons (Fsp3) is 0.167. The molecule has 3 nitrogen and oxygen atoms in total. The maximum Gasteiger partial charge on any atom is 0.241 e. The van der Waals surface area contributed by atoms with E-state index < -0.39 is 16.1 Å². The molecule has 0 aromatic heterocycles. The highest BCUT2D eigenvalue weighted by Gasteiger charge is 2.22. The van der Waals surface area contributed by atoms with Crippen LogP contribution in [0, 0.1) is 6.92 Å². The third kappa shape index (κ3) is 3.74. The number of benzene rings is 2. The van der Waals surface area contributed by atoms with E-state index in [0.717, 1.165) is 16.7 Å². The fourth-order valence-corrected chi connectivity index (χ4v) is 3.35. The van der Waals surface area contributed by atoms with Crippen molar-refractivity contribution in [3.63, 3.8) is 0 Å². The fourth-order valence-electron chi connectivity index (χ4n) is 2.09. The van der Waals surface area contributed by atoms with Crippen LogP contribution in [0.2, 0.25) is 0 Å². The van der Waals surface area contributed by atoms with Gasteiger partial charge in [0.2, 0.25) is 10.0 Å². The standard InChI is InChI=1S/C18H19NO2S/c1-4-15(3)18(16-8-6-5-7-9-16)19-22(20,21)17-12-10-14(2)11-13-17/h5-13,18-19H,1H2,2-3H3. The Morgan fingerprint density at radius 2 is 1.68 bits per heavy atom. The molecule has 2 rings (SSSR count). The lowest BCUT2D eigenvalue weighted by Gasteiger charge is -2.19. The third-order valence-electron chi connectivity index (χ3n) is 3.45. The molecular weight excluding hydrogens is 294 g/mol. The van der Waals surface area contributed by atoms with Gasteiger partial charge >= 0.3 is 0 Å². The van der Waals surface area contributed by atoms with E-state index in [2.05, 4.69) is 17.0 Å². The average molecular weight is 313 g/mol. The lowest BCUT2D eigenvalue weighted by Crippen LogP contribution is -2.29. The molecule has 0 amide bonds. The van der Waals surface area contributed by atoms with Crippen LogP contribution in [0.1, 0.15) is 24.1 Å². The highest BCUT2D eigenvalue weighted by molar-refractivity contribution is 7.89. The molecule has 0 aliphatic rings. The Morgan fingerprint density at radius 3 is 2.23 bits per heavy atom. The van der Waals surface area contributed by atoms with Crippen molar-refractivity contribution in [3.8, 4) is 0 Å². The van der Waals surface area contributed by atoms with Crippen molar-refractivity contribution in [3.05, 3.63) is 83.6 Å². The first-order chi connectivity index (χ1) is 10.4. The van der Waals surface area contributed by atoms with Gasteiger partial charge in [0.15, 0.2) is 0 Å². The van der Waals surface area contributed by atoms with Crippen molar-refractivity contribution in [2.75, 3.05) is 0 Å². The normalized spacial score (nSPS) is 12.5. The van der Waals surface area contributed by atoms with Gasteiger partial charge in [-0.3, -0.25) is 0 Å². The van der Waals surface area contributed by atoms with Gasteiger partial charge in [0.25, 0.3) is 0 Å². The van der Waals surface area contributed by atoms with Gasteiger partial charge in [-0.15, -0.1) is 5.73 Å². The second-order valence-corrected chi connectivity index (χ2v) is 6.85. The summed E-state index contributed by atoms with van der Waals surface area (Å²) in [4.78, 5) is 0.246. The summed E-state index contributed by atoms with van der Waals surface area (Å²) in [6.07, 6.45) is 0. The van der Waals surface area contributed by atoms with Crippen molar-refractivity contribution < 1.29 is 8.42 Å². The smallest absolute Gasteiger partial charge is 0.207 e. The molecule has 2 aromatic rings. The molecule has 2 aromatic carbocycles. The van der Waals surface area contributed by atoms with Crippen molar-refractivity contribution in [1.82, 2.24) is 4.72 Å². The zero-order chi connectivity index (χ0) is 16.2. The summed E-state index contributed by atoms with van der Waals surface area (Å²) in [6, 6.07) is 15.7. The van der Waals surface area contributed by atoms with Gasteiger partial charge in [-0.2, -0.15) is 4.72 Å². The van der Waals surface area contributed by atoms with Gasteiger partial charge in [-0.25, -0.2) is 8.42 Å². The minimum Gasteiger partial charge on any atom is -0.207 e. The highest BCUT2D eigenvalue weighted by Crippen LogP contribution is 2.23. The first-order valence-electron chi connectivity index (χ1n) is 6.94. The van der Waals surface area contributed by atoms with E-state index in [1.807, 2.05) is 44.2 Å². The van der Waals surface area contributed by atoms with Gasteiger partial charge in [0.05, 0.1) is 10.9 Å². The Hall–Kier alpha value is -2.13. The Bertz CT molecular complexity index is 787. The summed E-state index contributed by atoms with van der Waals surface area (Å²) in [6.45, 7) is 7.35. The molecule has 4 heteroatoms. The number of sulfonamides is 1. The minimum atomic E-state index is -3.62. The predicted octanol–water partition coefficient (Wildman–Crippen LogP) is 3.75. The molecule has 0 bridgehead atoms. The number of hydrogen-bond acceptors (Lipinski definition) is 2.